The molecule has 1 aliphatic rings. The molecule has 0 unspecified atom stereocenters. The molecular weight excluding hydrogens is 313 g/mol. The standard InChI is InChI=1S/C19H22BN3O2/c1-18(2)19(3,4)25-20(24-18)14-6-7-16-15(12-14)17(22-23(16)5)13-8-10-21-11-9-13/h6-12H,1-5H3. The fraction of sp³-hybridized carbons (Fsp3) is 0.368. The molecular formula is C19H22BN3O2. The van der Waals surface area contributed by atoms with E-state index in [1.807, 2.05) is 23.9 Å². The molecule has 1 fully saturated rings. The van der Waals surface area contributed by atoms with E-state index in [1.54, 1.807) is 12.4 Å². The van der Waals surface area contributed by atoms with Crippen LogP contribution in [0.1, 0.15) is 27.7 Å². The molecule has 0 aliphatic carbocycles. The van der Waals surface area contributed by atoms with Gasteiger partial charge in [0.15, 0.2) is 0 Å². The lowest BCUT2D eigenvalue weighted by Crippen LogP contribution is -2.41. The summed E-state index contributed by atoms with van der Waals surface area (Å²) < 4.78 is 14.3. The molecule has 3 heterocycles. The normalized spacial score (nSPS) is 18.8. The summed E-state index contributed by atoms with van der Waals surface area (Å²) in [6.45, 7) is 8.27. The van der Waals surface area contributed by atoms with Gasteiger partial charge >= 0.3 is 7.12 Å². The van der Waals surface area contributed by atoms with Crippen molar-refractivity contribution in [2.24, 2.45) is 7.05 Å². The van der Waals surface area contributed by atoms with Gasteiger partial charge in [0.1, 0.15) is 5.69 Å². The minimum Gasteiger partial charge on any atom is -0.399 e. The quantitative estimate of drug-likeness (QED) is 0.676. The van der Waals surface area contributed by atoms with Gasteiger partial charge < -0.3 is 9.31 Å². The maximum absolute atomic E-state index is 6.19. The van der Waals surface area contributed by atoms with Crippen LogP contribution < -0.4 is 5.46 Å². The van der Waals surface area contributed by atoms with E-state index in [0.29, 0.717) is 0 Å². The minimum absolute atomic E-state index is 0.352. The molecule has 3 aromatic rings. The molecule has 25 heavy (non-hydrogen) atoms. The first-order valence-corrected chi connectivity index (χ1v) is 8.51. The van der Waals surface area contributed by atoms with Crippen LogP contribution in [-0.4, -0.2) is 33.1 Å². The Kier molecular flexibility index (Phi) is 3.53. The van der Waals surface area contributed by atoms with Gasteiger partial charge in [-0.3, -0.25) is 9.67 Å². The second kappa shape index (κ2) is 5.41. The Morgan fingerprint density at radius 2 is 1.60 bits per heavy atom. The number of rotatable bonds is 2. The molecule has 0 spiro atoms. The van der Waals surface area contributed by atoms with Crippen LogP contribution in [0.15, 0.2) is 42.7 Å². The first-order valence-electron chi connectivity index (χ1n) is 8.51. The van der Waals surface area contributed by atoms with Crippen LogP contribution in [0, 0.1) is 0 Å². The molecule has 1 saturated heterocycles. The molecule has 0 radical (unpaired) electrons. The highest BCUT2D eigenvalue weighted by molar-refractivity contribution is 6.62. The van der Waals surface area contributed by atoms with Crippen molar-refractivity contribution in [3.63, 3.8) is 0 Å². The van der Waals surface area contributed by atoms with E-state index in [4.69, 9.17) is 14.4 Å². The van der Waals surface area contributed by atoms with Gasteiger partial charge in [0.2, 0.25) is 0 Å². The SMILES string of the molecule is Cn1nc(-c2ccncc2)c2cc(B3OC(C)(C)C(C)(C)O3)ccc21. The molecule has 1 aliphatic heterocycles. The average Bonchev–Trinajstić information content (AvgIpc) is 3.01. The Morgan fingerprint density at radius 3 is 2.24 bits per heavy atom. The van der Waals surface area contributed by atoms with Gasteiger partial charge in [-0.2, -0.15) is 5.10 Å². The van der Waals surface area contributed by atoms with E-state index in [2.05, 4.69) is 50.9 Å². The van der Waals surface area contributed by atoms with Crippen LogP contribution >= 0.6 is 0 Å². The van der Waals surface area contributed by atoms with Crippen molar-refractivity contribution < 1.29 is 9.31 Å². The van der Waals surface area contributed by atoms with Gasteiger partial charge in [-0.05, 0) is 51.4 Å². The fourth-order valence-electron chi connectivity index (χ4n) is 3.13. The van der Waals surface area contributed by atoms with Crippen LogP contribution in [0.2, 0.25) is 0 Å². The summed E-state index contributed by atoms with van der Waals surface area (Å²) in [6.07, 6.45) is 3.57. The second-order valence-electron chi connectivity index (χ2n) is 7.57. The van der Waals surface area contributed by atoms with E-state index in [-0.39, 0.29) is 18.3 Å². The summed E-state index contributed by atoms with van der Waals surface area (Å²) in [5.41, 5.74) is 3.37. The molecule has 0 amide bonds. The largest absolute Gasteiger partial charge is 0.494 e. The average molecular weight is 335 g/mol. The number of hydrogen-bond donors (Lipinski definition) is 0. The third kappa shape index (κ3) is 2.57. The van der Waals surface area contributed by atoms with Crippen LogP contribution in [-0.2, 0) is 16.4 Å². The molecule has 0 bridgehead atoms. The summed E-state index contributed by atoms with van der Waals surface area (Å²) in [4.78, 5) is 4.10. The van der Waals surface area contributed by atoms with Crippen molar-refractivity contribution >= 4 is 23.5 Å². The number of aryl methyl sites for hydroxylation is 1. The highest BCUT2D eigenvalue weighted by Gasteiger charge is 2.51. The molecule has 5 nitrogen and oxygen atoms in total. The topological polar surface area (TPSA) is 49.2 Å². The summed E-state index contributed by atoms with van der Waals surface area (Å²) in [5, 5.41) is 5.78. The van der Waals surface area contributed by atoms with Crippen LogP contribution in [0.5, 0.6) is 0 Å². The first-order chi connectivity index (χ1) is 11.8. The monoisotopic (exact) mass is 335 g/mol. The van der Waals surface area contributed by atoms with E-state index in [9.17, 15) is 0 Å². The van der Waals surface area contributed by atoms with Crippen LogP contribution in [0.25, 0.3) is 22.2 Å². The van der Waals surface area contributed by atoms with Gasteiger partial charge in [0.05, 0.1) is 16.7 Å². The Bertz CT molecular complexity index is 918. The summed E-state index contributed by atoms with van der Waals surface area (Å²) in [7, 11) is 1.58. The van der Waals surface area contributed by atoms with Crippen molar-refractivity contribution in [2.45, 2.75) is 38.9 Å². The first kappa shape index (κ1) is 16.3. The number of fused-ring (bicyclic) bond motifs is 1. The summed E-state index contributed by atoms with van der Waals surface area (Å²) >= 11 is 0. The second-order valence-corrected chi connectivity index (χ2v) is 7.57. The molecule has 2 aromatic heterocycles. The molecule has 0 saturated carbocycles. The number of aromatic nitrogens is 3. The van der Waals surface area contributed by atoms with E-state index < -0.39 is 0 Å². The number of benzene rings is 1. The van der Waals surface area contributed by atoms with E-state index in [1.165, 1.54) is 0 Å². The fourth-order valence-corrected chi connectivity index (χ4v) is 3.13. The Balaban J connectivity index is 1.81. The van der Waals surface area contributed by atoms with Gasteiger partial charge in [0, 0.05) is 30.4 Å². The predicted molar refractivity (Wildman–Crippen MR) is 99.7 cm³/mol. The molecule has 6 heteroatoms. The maximum atomic E-state index is 6.19. The van der Waals surface area contributed by atoms with E-state index in [0.717, 1.165) is 27.6 Å². The Morgan fingerprint density at radius 1 is 0.960 bits per heavy atom. The van der Waals surface area contributed by atoms with Crippen molar-refractivity contribution in [2.75, 3.05) is 0 Å². The van der Waals surface area contributed by atoms with Gasteiger partial charge in [0.25, 0.3) is 0 Å². The molecule has 0 atom stereocenters. The third-order valence-corrected chi connectivity index (χ3v) is 5.35. The Hall–Kier alpha value is -2.18. The van der Waals surface area contributed by atoms with Crippen molar-refractivity contribution in [3.8, 4) is 11.3 Å². The van der Waals surface area contributed by atoms with Gasteiger partial charge in [-0.1, -0.05) is 12.1 Å². The molecule has 128 valence electrons. The third-order valence-electron chi connectivity index (χ3n) is 5.35. The summed E-state index contributed by atoms with van der Waals surface area (Å²) in [5.74, 6) is 0. The number of nitrogens with zero attached hydrogens (tertiary/aromatic N) is 3. The van der Waals surface area contributed by atoms with Crippen LogP contribution in [0.4, 0.5) is 0 Å². The van der Waals surface area contributed by atoms with Crippen molar-refractivity contribution in [1.29, 1.82) is 0 Å². The zero-order valence-electron chi connectivity index (χ0n) is 15.3. The minimum atomic E-state index is -0.375. The van der Waals surface area contributed by atoms with Gasteiger partial charge in [-0.15, -0.1) is 0 Å². The van der Waals surface area contributed by atoms with Gasteiger partial charge in [-0.25, -0.2) is 0 Å². The van der Waals surface area contributed by atoms with Crippen molar-refractivity contribution in [3.05, 3.63) is 42.7 Å². The molecule has 4 rings (SSSR count). The lowest BCUT2D eigenvalue weighted by molar-refractivity contribution is 0.00578. The lowest BCUT2D eigenvalue weighted by Gasteiger charge is -2.32. The highest BCUT2D eigenvalue weighted by atomic mass is 16.7. The number of pyridine rings is 1. The predicted octanol–water partition coefficient (Wildman–Crippen LogP) is 2.93. The zero-order valence-corrected chi connectivity index (χ0v) is 15.3. The highest BCUT2D eigenvalue weighted by Crippen LogP contribution is 2.37. The number of hydrogen-bond acceptors (Lipinski definition) is 4. The lowest BCUT2D eigenvalue weighted by atomic mass is 9.78. The summed E-state index contributed by atoms with van der Waals surface area (Å²) in [6, 6.07) is 10.2. The zero-order chi connectivity index (χ0) is 17.8. The van der Waals surface area contributed by atoms with Crippen LogP contribution in [0.3, 0.4) is 0 Å². The molecule has 1 aromatic carbocycles. The molecule has 0 N–H and O–H groups in total. The van der Waals surface area contributed by atoms with Crippen molar-refractivity contribution in [1.82, 2.24) is 14.8 Å². The smallest absolute Gasteiger partial charge is 0.399 e. The maximum Gasteiger partial charge on any atom is 0.494 e. The Labute approximate surface area is 148 Å². The van der Waals surface area contributed by atoms with E-state index >= 15 is 0 Å².